The van der Waals surface area contributed by atoms with Crippen molar-refractivity contribution < 1.29 is 14.6 Å². The summed E-state index contributed by atoms with van der Waals surface area (Å²) in [6, 6.07) is 7.86. The van der Waals surface area contributed by atoms with Crippen molar-refractivity contribution in [1.29, 1.82) is 0 Å². The van der Waals surface area contributed by atoms with Crippen molar-refractivity contribution in [3.63, 3.8) is 0 Å². The first-order valence-electron chi connectivity index (χ1n) is 8.21. The van der Waals surface area contributed by atoms with Gasteiger partial charge in [0.2, 0.25) is 0 Å². The lowest BCUT2D eigenvalue weighted by Gasteiger charge is -2.26. The summed E-state index contributed by atoms with van der Waals surface area (Å²) >= 11 is 0. The van der Waals surface area contributed by atoms with Crippen LogP contribution < -0.4 is 4.74 Å². The molecule has 0 spiro atoms. The quantitative estimate of drug-likeness (QED) is 0.802. The summed E-state index contributed by atoms with van der Waals surface area (Å²) < 4.78 is 10.8. The highest BCUT2D eigenvalue weighted by Gasteiger charge is 2.24. The molecule has 2 rings (SSSR count). The van der Waals surface area contributed by atoms with Gasteiger partial charge < -0.3 is 14.6 Å². The molecule has 0 aliphatic heterocycles. The molecule has 118 valence electrons. The maximum absolute atomic E-state index is 10.8. The summed E-state index contributed by atoms with van der Waals surface area (Å²) in [6.07, 6.45) is 8.23. The van der Waals surface area contributed by atoms with Crippen LogP contribution in [-0.2, 0) is 4.74 Å². The number of rotatable bonds is 6. The van der Waals surface area contributed by atoms with Gasteiger partial charge in [-0.2, -0.15) is 0 Å². The van der Waals surface area contributed by atoms with Gasteiger partial charge in [0, 0.05) is 12.7 Å². The van der Waals surface area contributed by atoms with Crippen LogP contribution >= 0.6 is 0 Å². The molecule has 1 N–H and O–H groups in total. The first-order chi connectivity index (χ1) is 10.3. The maximum atomic E-state index is 10.8. The molecule has 0 heterocycles. The minimum atomic E-state index is -0.415. The predicted octanol–water partition coefficient (Wildman–Crippen LogP) is 4.11. The lowest BCUT2D eigenvalue weighted by molar-refractivity contribution is 0.0857. The van der Waals surface area contributed by atoms with Crippen molar-refractivity contribution >= 4 is 0 Å². The van der Waals surface area contributed by atoms with Crippen LogP contribution in [0.2, 0.25) is 0 Å². The van der Waals surface area contributed by atoms with Crippen molar-refractivity contribution in [3.8, 4) is 5.75 Å². The number of aliphatic hydroxyl groups is 1. The fraction of sp³-hybridized carbons (Fsp3) is 0.667. The Kier molecular flexibility index (Phi) is 7.04. The molecule has 1 aromatic carbocycles. The van der Waals surface area contributed by atoms with Crippen LogP contribution in [0.15, 0.2) is 24.3 Å². The summed E-state index contributed by atoms with van der Waals surface area (Å²) in [5, 5.41) is 10.8. The Bertz CT molecular complexity index is 397. The number of hydrogen-bond donors (Lipinski definition) is 1. The van der Waals surface area contributed by atoms with Crippen LogP contribution in [0.4, 0.5) is 0 Å². The normalized spacial score (nSPS) is 18.8. The Morgan fingerprint density at radius 1 is 1.05 bits per heavy atom. The fourth-order valence-corrected chi connectivity index (χ4v) is 3.15. The van der Waals surface area contributed by atoms with E-state index in [4.69, 9.17) is 9.47 Å². The van der Waals surface area contributed by atoms with Gasteiger partial charge in [-0.15, -0.1) is 0 Å². The Morgan fingerprint density at radius 2 is 1.71 bits per heavy atom. The van der Waals surface area contributed by atoms with Gasteiger partial charge in [0.1, 0.15) is 12.4 Å². The third kappa shape index (κ3) is 5.01. The Hall–Kier alpha value is -1.06. The topological polar surface area (TPSA) is 38.7 Å². The van der Waals surface area contributed by atoms with E-state index < -0.39 is 6.10 Å². The van der Waals surface area contributed by atoms with E-state index in [1.165, 1.54) is 32.1 Å². The van der Waals surface area contributed by atoms with Gasteiger partial charge in [-0.3, -0.25) is 0 Å². The summed E-state index contributed by atoms with van der Waals surface area (Å²) in [6.45, 7) is 1.08. The molecule has 0 saturated heterocycles. The third-order valence-corrected chi connectivity index (χ3v) is 4.38. The Morgan fingerprint density at radius 3 is 2.43 bits per heavy atom. The molecule has 21 heavy (non-hydrogen) atoms. The maximum Gasteiger partial charge on any atom is 0.125 e. The number of para-hydroxylation sites is 1. The molecule has 1 aliphatic carbocycles. The van der Waals surface area contributed by atoms with Crippen molar-refractivity contribution in [3.05, 3.63) is 29.8 Å². The highest BCUT2D eigenvalue weighted by molar-refractivity contribution is 5.35. The fourth-order valence-electron chi connectivity index (χ4n) is 3.15. The van der Waals surface area contributed by atoms with E-state index in [9.17, 15) is 5.11 Å². The van der Waals surface area contributed by atoms with Crippen LogP contribution in [-0.4, -0.2) is 25.4 Å². The van der Waals surface area contributed by atoms with E-state index in [2.05, 4.69) is 0 Å². The number of methoxy groups -OCH3 is 1. The molecule has 3 nitrogen and oxygen atoms in total. The van der Waals surface area contributed by atoms with E-state index in [0.717, 1.165) is 24.2 Å². The Balaban J connectivity index is 2.04. The summed E-state index contributed by atoms with van der Waals surface area (Å²) in [4.78, 5) is 0. The van der Waals surface area contributed by atoms with Crippen LogP contribution in [0.1, 0.15) is 56.6 Å². The van der Waals surface area contributed by atoms with Crippen molar-refractivity contribution in [1.82, 2.24) is 0 Å². The molecule has 3 heteroatoms. The summed E-state index contributed by atoms with van der Waals surface area (Å²) in [7, 11) is 1.67. The average Bonchev–Trinajstić information content (AvgIpc) is 2.47. The second kappa shape index (κ2) is 9.06. The van der Waals surface area contributed by atoms with Crippen molar-refractivity contribution in [2.75, 3.05) is 20.3 Å². The highest BCUT2D eigenvalue weighted by Crippen LogP contribution is 2.36. The van der Waals surface area contributed by atoms with Crippen LogP contribution in [0.25, 0.3) is 0 Å². The smallest absolute Gasteiger partial charge is 0.125 e. The predicted molar refractivity (Wildman–Crippen MR) is 84.6 cm³/mol. The second-order valence-corrected chi connectivity index (χ2v) is 5.93. The molecular formula is C18H28O3. The van der Waals surface area contributed by atoms with Gasteiger partial charge in [-0.05, 0) is 24.8 Å². The SMILES string of the molecule is COCCOc1ccccc1C(O)C1CCCCCCC1. The monoisotopic (exact) mass is 292 g/mol. The molecule has 1 aliphatic rings. The van der Waals surface area contributed by atoms with Crippen LogP contribution in [0.5, 0.6) is 5.75 Å². The highest BCUT2D eigenvalue weighted by atomic mass is 16.5. The zero-order valence-electron chi connectivity index (χ0n) is 13.1. The van der Waals surface area contributed by atoms with Crippen molar-refractivity contribution in [2.45, 2.75) is 51.0 Å². The minimum Gasteiger partial charge on any atom is -0.491 e. The minimum absolute atomic E-state index is 0.359. The van der Waals surface area contributed by atoms with E-state index >= 15 is 0 Å². The van der Waals surface area contributed by atoms with Crippen LogP contribution in [0, 0.1) is 5.92 Å². The van der Waals surface area contributed by atoms with Gasteiger partial charge in [-0.25, -0.2) is 0 Å². The number of benzene rings is 1. The lowest BCUT2D eigenvalue weighted by Crippen LogP contribution is -2.16. The number of hydrogen-bond acceptors (Lipinski definition) is 3. The van der Waals surface area contributed by atoms with Gasteiger partial charge >= 0.3 is 0 Å². The third-order valence-electron chi connectivity index (χ3n) is 4.38. The molecule has 0 bridgehead atoms. The van der Waals surface area contributed by atoms with Crippen LogP contribution in [0.3, 0.4) is 0 Å². The van der Waals surface area contributed by atoms with E-state index in [1.807, 2.05) is 24.3 Å². The largest absolute Gasteiger partial charge is 0.491 e. The van der Waals surface area contributed by atoms with E-state index in [0.29, 0.717) is 19.1 Å². The van der Waals surface area contributed by atoms with Gasteiger partial charge in [0.05, 0.1) is 12.7 Å². The summed E-state index contributed by atoms with van der Waals surface area (Å²) in [5.41, 5.74) is 0.930. The molecule has 0 aromatic heterocycles. The first-order valence-corrected chi connectivity index (χ1v) is 8.21. The summed E-state index contributed by atoms with van der Waals surface area (Å²) in [5.74, 6) is 1.15. The molecule has 1 unspecified atom stereocenters. The van der Waals surface area contributed by atoms with Gasteiger partial charge in [0.15, 0.2) is 0 Å². The van der Waals surface area contributed by atoms with E-state index in [-0.39, 0.29) is 0 Å². The molecule has 1 saturated carbocycles. The number of aliphatic hydroxyl groups excluding tert-OH is 1. The standard InChI is InChI=1S/C18H28O3/c1-20-13-14-21-17-12-8-7-11-16(17)18(19)15-9-5-3-2-4-6-10-15/h7-8,11-12,15,18-19H,2-6,9-10,13-14H2,1H3. The molecule has 0 amide bonds. The average molecular weight is 292 g/mol. The Labute approximate surface area is 128 Å². The van der Waals surface area contributed by atoms with E-state index in [1.54, 1.807) is 7.11 Å². The molecule has 0 radical (unpaired) electrons. The molecular weight excluding hydrogens is 264 g/mol. The lowest BCUT2D eigenvalue weighted by atomic mass is 9.84. The second-order valence-electron chi connectivity index (χ2n) is 5.93. The van der Waals surface area contributed by atoms with Crippen molar-refractivity contribution in [2.24, 2.45) is 5.92 Å². The van der Waals surface area contributed by atoms with Gasteiger partial charge in [0.25, 0.3) is 0 Å². The zero-order chi connectivity index (χ0) is 14.9. The molecule has 1 atom stereocenters. The number of ether oxygens (including phenoxy) is 2. The van der Waals surface area contributed by atoms with Gasteiger partial charge in [-0.1, -0.05) is 50.3 Å². The molecule has 1 fully saturated rings. The first kappa shape index (κ1) is 16.3. The zero-order valence-corrected chi connectivity index (χ0v) is 13.1. The molecule has 1 aromatic rings.